The zero-order chi connectivity index (χ0) is 14.4. The molecule has 1 fully saturated rings. The first-order chi connectivity index (χ1) is 9.70. The monoisotopic (exact) mass is 311 g/mol. The van der Waals surface area contributed by atoms with Gasteiger partial charge in [-0.1, -0.05) is 30.3 Å². The number of methoxy groups -OCH3 is 1. The Labute approximate surface area is 131 Å². The van der Waals surface area contributed by atoms with Crippen molar-refractivity contribution in [3.8, 4) is 0 Å². The van der Waals surface area contributed by atoms with E-state index in [0.29, 0.717) is 0 Å². The number of benzene rings is 1. The summed E-state index contributed by atoms with van der Waals surface area (Å²) in [6, 6.07) is 10.3. The second-order valence-electron chi connectivity index (χ2n) is 5.18. The highest BCUT2D eigenvalue weighted by atomic mass is 35.5. The van der Waals surface area contributed by atoms with E-state index in [9.17, 15) is 9.59 Å². The lowest BCUT2D eigenvalue weighted by Gasteiger charge is -2.16. The van der Waals surface area contributed by atoms with Gasteiger partial charge in [-0.25, -0.2) is 0 Å². The van der Waals surface area contributed by atoms with Crippen LogP contribution in [0.1, 0.15) is 24.8 Å². The van der Waals surface area contributed by atoms with Crippen LogP contribution in [0.4, 0.5) is 0 Å². The molecule has 0 aliphatic carbocycles. The minimum atomic E-state index is -0.297. The van der Waals surface area contributed by atoms with Gasteiger partial charge in [-0.15, -0.1) is 12.4 Å². The standard InChI is InChI=1S/C16H21NO3.ClH/c1-20-15(18)12-14-9-11-17(16(14)19)10-5-8-13-6-3-2-4-7-13;/h2-4,6-7,14H,5,8-12H2,1H3;1H. The fourth-order valence-electron chi connectivity index (χ4n) is 2.62. The predicted octanol–water partition coefficient (Wildman–Crippen LogP) is 2.45. The molecule has 4 nitrogen and oxygen atoms in total. The van der Waals surface area contributed by atoms with Gasteiger partial charge >= 0.3 is 5.97 Å². The number of hydrogen-bond acceptors (Lipinski definition) is 3. The maximum atomic E-state index is 12.1. The summed E-state index contributed by atoms with van der Waals surface area (Å²) in [5.74, 6) is -0.378. The van der Waals surface area contributed by atoms with Crippen molar-refractivity contribution < 1.29 is 14.3 Å². The lowest BCUT2D eigenvalue weighted by atomic mass is 10.0. The molecule has 1 aliphatic rings. The number of carbonyl (C=O) groups is 2. The molecule has 0 saturated carbocycles. The van der Waals surface area contributed by atoms with Crippen LogP contribution in [-0.2, 0) is 20.7 Å². The Morgan fingerprint density at radius 3 is 2.71 bits per heavy atom. The number of carbonyl (C=O) groups excluding carboxylic acids is 2. The molecule has 1 atom stereocenters. The van der Waals surface area contributed by atoms with Crippen LogP contribution in [0.15, 0.2) is 30.3 Å². The Hall–Kier alpha value is -1.55. The zero-order valence-corrected chi connectivity index (χ0v) is 13.1. The first kappa shape index (κ1) is 17.5. The van der Waals surface area contributed by atoms with Gasteiger partial charge < -0.3 is 9.64 Å². The molecule has 1 aromatic rings. The fraction of sp³-hybridized carbons (Fsp3) is 0.500. The Kier molecular flexibility index (Phi) is 7.23. The normalized spacial score (nSPS) is 17.5. The number of aryl methyl sites for hydroxylation is 1. The summed E-state index contributed by atoms with van der Waals surface area (Å²) < 4.78 is 4.63. The highest BCUT2D eigenvalue weighted by Gasteiger charge is 2.32. The van der Waals surface area contributed by atoms with Crippen LogP contribution in [0, 0.1) is 5.92 Å². The molecule has 1 heterocycles. The molecular formula is C16H22ClNO3. The number of amides is 1. The second kappa shape index (κ2) is 8.67. The van der Waals surface area contributed by atoms with E-state index in [2.05, 4.69) is 16.9 Å². The molecule has 0 aromatic heterocycles. The number of rotatable bonds is 6. The minimum absolute atomic E-state index is 0. The molecule has 0 radical (unpaired) electrons. The molecule has 0 spiro atoms. The lowest BCUT2D eigenvalue weighted by molar-refractivity contribution is -0.144. The third-order valence-electron chi connectivity index (χ3n) is 3.79. The fourth-order valence-corrected chi connectivity index (χ4v) is 2.62. The SMILES string of the molecule is COC(=O)CC1CCN(CCCc2ccccc2)C1=O.Cl. The number of ether oxygens (including phenoxy) is 1. The van der Waals surface area contributed by atoms with Crippen LogP contribution >= 0.6 is 12.4 Å². The van der Waals surface area contributed by atoms with E-state index in [-0.39, 0.29) is 36.6 Å². The van der Waals surface area contributed by atoms with Crippen LogP contribution < -0.4 is 0 Å². The van der Waals surface area contributed by atoms with Crippen LogP contribution in [-0.4, -0.2) is 37.0 Å². The second-order valence-corrected chi connectivity index (χ2v) is 5.18. The molecule has 1 amide bonds. The molecule has 0 bridgehead atoms. The van der Waals surface area contributed by atoms with Crippen LogP contribution in [0.5, 0.6) is 0 Å². The summed E-state index contributed by atoms with van der Waals surface area (Å²) in [4.78, 5) is 25.2. The van der Waals surface area contributed by atoms with E-state index < -0.39 is 0 Å². The van der Waals surface area contributed by atoms with E-state index in [1.165, 1.54) is 12.7 Å². The van der Waals surface area contributed by atoms with E-state index >= 15 is 0 Å². The molecule has 1 aromatic carbocycles. The third-order valence-corrected chi connectivity index (χ3v) is 3.79. The van der Waals surface area contributed by atoms with Gasteiger partial charge in [0.1, 0.15) is 0 Å². The maximum Gasteiger partial charge on any atom is 0.306 e. The highest BCUT2D eigenvalue weighted by Crippen LogP contribution is 2.22. The number of hydrogen-bond donors (Lipinski definition) is 0. The van der Waals surface area contributed by atoms with Gasteiger partial charge in [0.2, 0.25) is 5.91 Å². The molecule has 21 heavy (non-hydrogen) atoms. The van der Waals surface area contributed by atoms with Gasteiger partial charge in [-0.3, -0.25) is 9.59 Å². The van der Waals surface area contributed by atoms with Crippen molar-refractivity contribution in [1.29, 1.82) is 0 Å². The van der Waals surface area contributed by atoms with E-state index in [0.717, 1.165) is 32.4 Å². The molecule has 5 heteroatoms. The Bertz CT molecular complexity index is 464. The Morgan fingerprint density at radius 2 is 2.05 bits per heavy atom. The molecular weight excluding hydrogens is 290 g/mol. The zero-order valence-electron chi connectivity index (χ0n) is 12.3. The van der Waals surface area contributed by atoms with Gasteiger partial charge in [0.05, 0.1) is 19.4 Å². The summed E-state index contributed by atoms with van der Waals surface area (Å²) in [5.41, 5.74) is 1.30. The Balaban J connectivity index is 0.00000220. The van der Waals surface area contributed by atoms with Crippen molar-refractivity contribution >= 4 is 24.3 Å². The van der Waals surface area contributed by atoms with E-state index in [1.54, 1.807) is 0 Å². The van der Waals surface area contributed by atoms with Gasteiger partial charge in [-0.05, 0) is 24.8 Å². The summed E-state index contributed by atoms with van der Waals surface area (Å²) in [6.07, 6.45) is 2.91. The predicted molar refractivity (Wildman–Crippen MR) is 83.3 cm³/mol. The summed E-state index contributed by atoms with van der Waals surface area (Å²) in [7, 11) is 1.36. The van der Waals surface area contributed by atoms with Crippen molar-refractivity contribution in [2.45, 2.75) is 25.7 Å². The molecule has 1 saturated heterocycles. The van der Waals surface area contributed by atoms with Gasteiger partial charge in [0, 0.05) is 13.1 Å². The van der Waals surface area contributed by atoms with Crippen molar-refractivity contribution in [2.24, 2.45) is 5.92 Å². The quantitative estimate of drug-likeness (QED) is 0.758. The molecule has 1 aliphatic heterocycles. The van der Waals surface area contributed by atoms with Crippen LogP contribution in [0.25, 0.3) is 0 Å². The van der Waals surface area contributed by atoms with Gasteiger partial charge in [-0.2, -0.15) is 0 Å². The third kappa shape index (κ3) is 5.05. The number of nitrogens with zero attached hydrogens (tertiary/aromatic N) is 1. The van der Waals surface area contributed by atoms with Crippen molar-refractivity contribution in [3.63, 3.8) is 0 Å². The van der Waals surface area contributed by atoms with Crippen molar-refractivity contribution in [2.75, 3.05) is 20.2 Å². The molecule has 116 valence electrons. The van der Waals surface area contributed by atoms with Crippen molar-refractivity contribution in [1.82, 2.24) is 4.90 Å². The van der Waals surface area contributed by atoms with Gasteiger partial charge in [0.15, 0.2) is 0 Å². The first-order valence-corrected chi connectivity index (χ1v) is 7.10. The van der Waals surface area contributed by atoms with Crippen LogP contribution in [0.2, 0.25) is 0 Å². The molecule has 1 unspecified atom stereocenters. The molecule has 2 rings (SSSR count). The topological polar surface area (TPSA) is 46.6 Å². The lowest BCUT2D eigenvalue weighted by Crippen LogP contribution is -2.29. The van der Waals surface area contributed by atoms with E-state index in [1.807, 2.05) is 23.1 Å². The number of likely N-dealkylation sites (tertiary alicyclic amines) is 1. The first-order valence-electron chi connectivity index (χ1n) is 7.10. The van der Waals surface area contributed by atoms with E-state index in [4.69, 9.17) is 0 Å². The largest absolute Gasteiger partial charge is 0.469 e. The summed E-state index contributed by atoms with van der Waals surface area (Å²) >= 11 is 0. The summed E-state index contributed by atoms with van der Waals surface area (Å²) in [5, 5.41) is 0. The molecule has 0 N–H and O–H groups in total. The highest BCUT2D eigenvalue weighted by molar-refractivity contribution is 5.85. The minimum Gasteiger partial charge on any atom is -0.469 e. The maximum absolute atomic E-state index is 12.1. The number of esters is 1. The average molecular weight is 312 g/mol. The number of halogens is 1. The van der Waals surface area contributed by atoms with Crippen molar-refractivity contribution in [3.05, 3.63) is 35.9 Å². The average Bonchev–Trinajstić information content (AvgIpc) is 2.81. The van der Waals surface area contributed by atoms with Crippen LogP contribution in [0.3, 0.4) is 0 Å². The Morgan fingerprint density at radius 1 is 1.33 bits per heavy atom. The van der Waals surface area contributed by atoms with Gasteiger partial charge in [0.25, 0.3) is 0 Å². The summed E-state index contributed by atoms with van der Waals surface area (Å²) in [6.45, 7) is 1.53. The smallest absolute Gasteiger partial charge is 0.306 e.